The molecule has 1 fully saturated rings. The Hall–Kier alpha value is -4.51. The standard InChI is InChI=1S/C26H24ClF2N5O4S.C2HF3O2/c1-38-21-5-4-18(22(28)23(21)29)20-14-31-25-24(30-8-9-34(20)25)33-16-2-3-17(19(27)12-16)26(35)32-13-15-6-10-39(36,37)11-7-15;3-2(4,5)1(6)7/h2-5,8-9,12,14-15H,6-7,10-11,13H2,1H3,(H,30,33)(H,32,35);(H,6,7). The molecule has 1 saturated heterocycles. The molecule has 1 aliphatic heterocycles. The first-order chi connectivity index (χ1) is 21.6. The van der Waals surface area contributed by atoms with E-state index in [9.17, 15) is 35.2 Å². The highest BCUT2D eigenvalue weighted by molar-refractivity contribution is 7.91. The zero-order valence-corrected chi connectivity index (χ0v) is 25.3. The molecule has 2 aromatic carbocycles. The molecule has 3 heterocycles. The van der Waals surface area contributed by atoms with Crippen LogP contribution < -0.4 is 15.4 Å². The quantitative estimate of drug-likeness (QED) is 0.221. The average Bonchev–Trinajstić information content (AvgIpc) is 3.43. The zero-order chi connectivity index (χ0) is 33.8. The van der Waals surface area contributed by atoms with Gasteiger partial charge in [-0.3, -0.25) is 9.20 Å². The van der Waals surface area contributed by atoms with Crippen LogP contribution in [0.15, 0.2) is 48.9 Å². The van der Waals surface area contributed by atoms with Crippen LogP contribution in [0.4, 0.5) is 33.5 Å². The first kappa shape index (κ1) is 34.4. The summed E-state index contributed by atoms with van der Waals surface area (Å²) < 4.78 is 90.4. The highest BCUT2D eigenvalue weighted by atomic mass is 35.5. The van der Waals surface area contributed by atoms with E-state index < -0.39 is 33.6 Å². The molecule has 11 nitrogen and oxygen atoms in total. The molecule has 0 bridgehead atoms. The van der Waals surface area contributed by atoms with E-state index in [0.717, 1.165) is 0 Å². The number of ether oxygens (including phenoxy) is 1. The van der Waals surface area contributed by atoms with Gasteiger partial charge in [-0.25, -0.2) is 27.6 Å². The SMILES string of the molecule is COc1ccc(-c2cnc3c(Nc4ccc(C(=O)NCC5CCS(=O)(=O)CC5)c(Cl)c4)nccn23)c(F)c1F.O=C(O)C(F)(F)F. The van der Waals surface area contributed by atoms with E-state index in [1.807, 2.05) is 0 Å². The number of methoxy groups -OCH3 is 1. The van der Waals surface area contributed by atoms with Gasteiger partial charge in [0.2, 0.25) is 5.82 Å². The molecule has 1 aliphatic rings. The third-order valence-electron chi connectivity index (χ3n) is 6.92. The number of fused-ring (bicyclic) bond motifs is 1. The van der Waals surface area contributed by atoms with Crippen molar-refractivity contribution in [3.8, 4) is 17.0 Å². The monoisotopic (exact) mass is 689 g/mol. The smallest absolute Gasteiger partial charge is 0.490 e. The molecule has 18 heteroatoms. The van der Waals surface area contributed by atoms with Crippen LogP contribution in [-0.4, -0.2) is 71.1 Å². The fraction of sp³-hybridized carbons (Fsp3) is 0.286. The first-order valence-corrected chi connectivity index (χ1v) is 15.5. The summed E-state index contributed by atoms with van der Waals surface area (Å²) in [4.78, 5) is 30.2. The fourth-order valence-electron chi connectivity index (χ4n) is 4.48. The number of amides is 1. The summed E-state index contributed by atoms with van der Waals surface area (Å²) in [5, 5.41) is 13.3. The van der Waals surface area contributed by atoms with Crippen LogP contribution in [0.25, 0.3) is 16.9 Å². The number of benzene rings is 2. The lowest BCUT2D eigenvalue weighted by molar-refractivity contribution is -0.192. The van der Waals surface area contributed by atoms with Gasteiger partial charge >= 0.3 is 12.1 Å². The van der Waals surface area contributed by atoms with Crippen molar-refractivity contribution >= 4 is 50.5 Å². The van der Waals surface area contributed by atoms with Crippen molar-refractivity contribution in [3.05, 3.63) is 71.1 Å². The van der Waals surface area contributed by atoms with Crippen LogP contribution >= 0.6 is 11.6 Å². The van der Waals surface area contributed by atoms with E-state index in [-0.39, 0.29) is 45.2 Å². The molecule has 1 amide bonds. The lowest BCUT2D eigenvalue weighted by Crippen LogP contribution is -2.34. The third-order valence-corrected chi connectivity index (χ3v) is 8.94. The van der Waals surface area contributed by atoms with Crippen LogP contribution in [0, 0.1) is 17.6 Å². The molecule has 3 N–H and O–H groups in total. The molecule has 0 spiro atoms. The Bertz CT molecular complexity index is 1870. The molecule has 5 rings (SSSR count). The Morgan fingerprint density at radius 2 is 1.78 bits per heavy atom. The van der Waals surface area contributed by atoms with Gasteiger partial charge in [-0.05, 0) is 49.1 Å². The molecule has 4 aromatic rings. The lowest BCUT2D eigenvalue weighted by Gasteiger charge is -2.22. The molecular formula is C28H25ClF5N5O6S. The van der Waals surface area contributed by atoms with Crippen LogP contribution in [-0.2, 0) is 14.6 Å². The Labute approximate surface area is 263 Å². The van der Waals surface area contributed by atoms with Gasteiger partial charge in [0.15, 0.2) is 23.0 Å². The average molecular weight is 690 g/mol. The molecule has 246 valence electrons. The van der Waals surface area contributed by atoms with Gasteiger partial charge < -0.3 is 20.5 Å². The minimum atomic E-state index is -5.08. The maximum Gasteiger partial charge on any atom is 0.490 e. The highest BCUT2D eigenvalue weighted by Gasteiger charge is 2.38. The topological polar surface area (TPSA) is 152 Å². The predicted molar refractivity (Wildman–Crippen MR) is 157 cm³/mol. The normalized spacial score (nSPS) is 14.7. The number of hydrogen-bond acceptors (Lipinski definition) is 8. The number of halogens is 6. The number of rotatable bonds is 7. The zero-order valence-electron chi connectivity index (χ0n) is 23.7. The van der Waals surface area contributed by atoms with Crippen molar-refractivity contribution < 1.29 is 49.8 Å². The van der Waals surface area contributed by atoms with Crippen LogP contribution in [0.3, 0.4) is 0 Å². The number of aromatic nitrogens is 3. The predicted octanol–water partition coefficient (Wildman–Crippen LogP) is 5.27. The summed E-state index contributed by atoms with van der Waals surface area (Å²) >= 11 is 6.40. The fourth-order valence-corrected chi connectivity index (χ4v) is 6.34. The highest BCUT2D eigenvalue weighted by Crippen LogP contribution is 2.32. The third kappa shape index (κ3) is 8.00. The number of anilines is 2. The maximum atomic E-state index is 14.7. The molecule has 0 radical (unpaired) electrons. The number of carboxylic acids is 1. The van der Waals surface area contributed by atoms with Crippen molar-refractivity contribution in [2.75, 3.05) is 30.5 Å². The number of hydrogen-bond donors (Lipinski definition) is 3. The Balaban J connectivity index is 0.000000617. The molecule has 46 heavy (non-hydrogen) atoms. The van der Waals surface area contributed by atoms with Gasteiger partial charge in [0.1, 0.15) is 9.84 Å². The van der Waals surface area contributed by atoms with Gasteiger partial charge in [0, 0.05) is 30.2 Å². The number of imidazole rings is 1. The summed E-state index contributed by atoms with van der Waals surface area (Å²) in [7, 11) is -1.71. The maximum absolute atomic E-state index is 14.7. The van der Waals surface area contributed by atoms with E-state index in [1.165, 1.54) is 31.6 Å². The Morgan fingerprint density at radius 1 is 1.11 bits per heavy atom. The van der Waals surface area contributed by atoms with Gasteiger partial charge in [0.25, 0.3) is 5.91 Å². The lowest BCUT2D eigenvalue weighted by atomic mass is 10.0. The van der Waals surface area contributed by atoms with Gasteiger partial charge in [-0.15, -0.1) is 0 Å². The second kappa shape index (κ2) is 13.9. The number of nitrogens with one attached hydrogen (secondary N) is 2. The number of alkyl halides is 3. The number of sulfone groups is 1. The summed E-state index contributed by atoms with van der Waals surface area (Å²) in [6.45, 7) is 0.373. The van der Waals surface area contributed by atoms with Gasteiger partial charge in [-0.2, -0.15) is 17.6 Å². The van der Waals surface area contributed by atoms with Gasteiger partial charge in [-0.1, -0.05) is 11.6 Å². The van der Waals surface area contributed by atoms with E-state index in [2.05, 4.69) is 20.6 Å². The molecule has 0 unspecified atom stereocenters. The summed E-state index contributed by atoms with van der Waals surface area (Å²) in [5.74, 6) is -4.75. The van der Waals surface area contributed by atoms with Crippen molar-refractivity contribution in [2.45, 2.75) is 19.0 Å². The largest absolute Gasteiger partial charge is 0.494 e. The number of carbonyl (C=O) groups is 2. The van der Waals surface area contributed by atoms with E-state index in [0.29, 0.717) is 42.2 Å². The minimum Gasteiger partial charge on any atom is -0.494 e. The van der Waals surface area contributed by atoms with Crippen LogP contribution in [0.5, 0.6) is 5.75 Å². The molecule has 0 aliphatic carbocycles. The van der Waals surface area contributed by atoms with Crippen molar-refractivity contribution in [1.82, 2.24) is 19.7 Å². The van der Waals surface area contributed by atoms with E-state index in [4.69, 9.17) is 26.2 Å². The second-order valence-electron chi connectivity index (χ2n) is 9.98. The second-order valence-corrected chi connectivity index (χ2v) is 12.7. The number of nitrogens with zero attached hydrogens (tertiary/aromatic N) is 3. The molecular weight excluding hydrogens is 665 g/mol. The van der Waals surface area contributed by atoms with Crippen molar-refractivity contribution in [2.24, 2.45) is 5.92 Å². The first-order valence-electron chi connectivity index (χ1n) is 13.3. The van der Waals surface area contributed by atoms with Crippen molar-refractivity contribution in [3.63, 3.8) is 0 Å². The van der Waals surface area contributed by atoms with Crippen molar-refractivity contribution in [1.29, 1.82) is 0 Å². The number of carbonyl (C=O) groups excluding carboxylic acids is 1. The minimum absolute atomic E-state index is 0.00575. The van der Waals surface area contributed by atoms with Crippen LogP contribution in [0.1, 0.15) is 23.2 Å². The Morgan fingerprint density at radius 3 is 2.39 bits per heavy atom. The molecule has 0 atom stereocenters. The molecule has 2 aromatic heterocycles. The Kier molecular flexibility index (Phi) is 10.4. The van der Waals surface area contributed by atoms with Crippen LogP contribution in [0.2, 0.25) is 5.02 Å². The summed E-state index contributed by atoms with van der Waals surface area (Å²) in [6, 6.07) is 7.54. The van der Waals surface area contributed by atoms with E-state index >= 15 is 0 Å². The number of aliphatic carboxylic acids is 1. The van der Waals surface area contributed by atoms with E-state index in [1.54, 1.807) is 28.8 Å². The number of carboxylic acid groups (broad SMARTS) is 1. The summed E-state index contributed by atoms with van der Waals surface area (Å²) in [5.41, 5.74) is 1.48. The van der Waals surface area contributed by atoms with Gasteiger partial charge in [0.05, 0.1) is 41.1 Å². The summed E-state index contributed by atoms with van der Waals surface area (Å²) in [6.07, 6.45) is 0.431. The molecule has 0 saturated carbocycles.